The largest absolute Gasteiger partial charge is 0.513 e. The van der Waals surface area contributed by atoms with Gasteiger partial charge in [0, 0.05) is 28.4 Å². The van der Waals surface area contributed by atoms with Crippen LogP contribution < -0.4 is 9.47 Å². The molecule has 0 unspecified atom stereocenters. The Hall–Kier alpha value is -2.64. The number of halogens is 1. The van der Waals surface area contributed by atoms with E-state index in [1.165, 1.54) is 0 Å². The molecule has 3 rings (SSSR count). The molecule has 0 amide bonds. The third kappa shape index (κ3) is 5.17. The molecule has 7 heteroatoms. The highest BCUT2D eigenvalue weighted by atomic mass is 79.9. The molecule has 0 saturated carbocycles. The molecular formula is C24H26BrNO5. The third-order valence-electron chi connectivity index (χ3n) is 5.00. The Morgan fingerprint density at radius 1 is 1.03 bits per heavy atom. The SMILES string of the molecule is CCc1nc2cc(C)c(Oc3ccc(Br)cc3)c(C)c2c(OC(=O)OCCOC)c1C. The number of ether oxygens (including phenoxy) is 4. The maximum absolute atomic E-state index is 12.3. The fraction of sp³-hybridized carbons (Fsp3) is 0.333. The Labute approximate surface area is 190 Å². The first kappa shape index (κ1) is 23.0. The first-order valence-electron chi connectivity index (χ1n) is 10.1. The van der Waals surface area contributed by atoms with Gasteiger partial charge in [0.05, 0.1) is 17.5 Å². The zero-order valence-electron chi connectivity index (χ0n) is 18.4. The summed E-state index contributed by atoms with van der Waals surface area (Å²) < 4.78 is 22.9. The average molecular weight is 488 g/mol. The van der Waals surface area contributed by atoms with E-state index in [4.69, 9.17) is 23.9 Å². The predicted molar refractivity (Wildman–Crippen MR) is 123 cm³/mol. The standard InChI is InChI=1S/C24H26BrNO5/c1-6-19-15(3)23(31-24(27)29-12-11-28-5)21-16(4)22(14(2)13-20(21)26-19)30-18-9-7-17(25)8-10-18/h7-10,13H,6,11-12H2,1-5H3. The molecular weight excluding hydrogens is 462 g/mol. The number of pyridine rings is 1. The van der Waals surface area contributed by atoms with Gasteiger partial charge in [0.1, 0.15) is 23.9 Å². The van der Waals surface area contributed by atoms with Crippen molar-refractivity contribution in [2.75, 3.05) is 20.3 Å². The second-order valence-electron chi connectivity index (χ2n) is 7.16. The molecule has 0 N–H and O–H groups in total. The molecule has 0 aliphatic heterocycles. The lowest BCUT2D eigenvalue weighted by atomic mass is 9.99. The van der Waals surface area contributed by atoms with E-state index in [1.807, 2.05) is 58.0 Å². The number of methoxy groups -OCH3 is 1. The summed E-state index contributed by atoms with van der Waals surface area (Å²) in [6.07, 6.45) is -0.0587. The van der Waals surface area contributed by atoms with Crippen molar-refractivity contribution in [1.82, 2.24) is 4.98 Å². The molecule has 0 atom stereocenters. The lowest BCUT2D eigenvalue weighted by Crippen LogP contribution is -2.15. The minimum atomic E-state index is -0.773. The van der Waals surface area contributed by atoms with Crippen molar-refractivity contribution in [1.29, 1.82) is 0 Å². The van der Waals surface area contributed by atoms with E-state index < -0.39 is 6.16 Å². The fourth-order valence-corrected chi connectivity index (χ4v) is 3.70. The molecule has 0 spiro atoms. The van der Waals surface area contributed by atoms with E-state index in [0.717, 1.165) is 37.8 Å². The maximum Gasteiger partial charge on any atom is 0.513 e. The summed E-state index contributed by atoms with van der Waals surface area (Å²) in [7, 11) is 1.54. The number of hydrogen-bond acceptors (Lipinski definition) is 6. The summed E-state index contributed by atoms with van der Waals surface area (Å²) in [4.78, 5) is 17.1. The summed E-state index contributed by atoms with van der Waals surface area (Å²) in [6.45, 7) is 8.26. The monoisotopic (exact) mass is 487 g/mol. The van der Waals surface area contributed by atoms with Gasteiger partial charge in [0.15, 0.2) is 0 Å². The lowest BCUT2D eigenvalue weighted by molar-refractivity contribution is 0.0687. The van der Waals surface area contributed by atoms with Crippen LogP contribution in [0.2, 0.25) is 0 Å². The van der Waals surface area contributed by atoms with Crippen LogP contribution in [0.3, 0.4) is 0 Å². The van der Waals surface area contributed by atoms with Crippen molar-refractivity contribution >= 4 is 33.0 Å². The van der Waals surface area contributed by atoms with Gasteiger partial charge in [0.25, 0.3) is 0 Å². The Kier molecular flexibility index (Phi) is 7.51. The van der Waals surface area contributed by atoms with Crippen LogP contribution in [0.15, 0.2) is 34.8 Å². The summed E-state index contributed by atoms with van der Waals surface area (Å²) in [6, 6.07) is 9.58. The van der Waals surface area contributed by atoms with Gasteiger partial charge in [-0.2, -0.15) is 0 Å². The highest BCUT2D eigenvalue weighted by Crippen LogP contribution is 2.40. The molecule has 0 aliphatic rings. The number of benzene rings is 2. The van der Waals surface area contributed by atoms with Crippen molar-refractivity contribution in [2.24, 2.45) is 0 Å². The average Bonchev–Trinajstić information content (AvgIpc) is 2.74. The van der Waals surface area contributed by atoms with Gasteiger partial charge in [-0.1, -0.05) is 22.9 Å². The highest BCUT2D eigenvalue weighted by Gasteiger charge is 2.21. The van der Waals surface area contributed by atoms with Gasteiger partial charge in [0.2, 0.25) is 0 Å². The van der Waals surface area contributed by atoms with Crippen LogP contribution in [0.4, 0.5) is 4.79 Å². The number of aromatic nitrogens is 1. The van der Waals surface area contributed by atoms with Crippen LogP contribution >= 0.6 is 15.9 Å². The second kappa shape index (κ2) is 10.1. The maximum atomic E-state index is 12.3. The molecule has 0 fully saturated rings. The van der Waals surface area contributed by atoms with E-state index in [2.05, 4.69) is 15.9 Å². The summed E-state index contributed by atoms with van der Waals surface area (Å²) in [5.74, 6) is 1.87. The zero-order chi connectivity index (χ0) is 22.5. The molecule has 2 aromatic carbocycles. The molecule has 0 bridgehead atoms. The molecule has 1 aromatic heterocycles. The first-order valence-corrected chi connectivity index (χ1v) is 10.8. The quantitative estimate of drug-likeness (QED) is 0.282. The van der Waals surface area contributed by atoms with Gasteiger partial charge in [-0.3, -0.25) is 4.98 Å². The smallest absolute Gasteiger partial charge is 0.457 e. The van der Waals surface area contributed by atoms with Crippen molar-refractivity contribution < 1.29 is 23.7 Å². The second-order valence-corrected chi connectivity index (χ2v) is 8.07. The molecule has 31 heavy (non-hydrogen) atoms. The van der Waals surface area contributed by atoms with Gasteiger partial charge in [-0.25, -0.2) is 4.79 Å². The molecule has 6 nitrogen and oxygen atoms in total. The van der Waals surface area contributed by atoms with Crippen molar-refractivity contribution in [3.8, 4) is 17.2 Å². The minimum Gasteiger partial charge on any atom is -0.457 e. The number of rotatable bonds is 7. The van der Waals surface area contributed by atoms with E-state index in [9.17, 15) is 4.79 Å². The number of nitrogens with zero attached hydrogens (tertiary/aromatic N) is 1. The van der Waals surface area contributed by atoms with E-state index in [-0.39, 0.29) is 6.61 Å². The van der Waals surface area contributed by atoms with Crippen molar-refractivity contribution in [2.45, 2.75) is 34.1 Å². The van der Waals surface area contributed by atoms with Crippen molar-refractivity contribution in [3.63, 3.8) is 0 Å². The Morgan fingerprint density at radius 3 is 2.39 bits per heavy atom. The number of carbonyl (C=O) groups is 1. The first-order chi connectivity index (χ1) is 14.8. The predicted octanol–water partition coefficient (Wildman–Crippen LogP) is 6.44. The summed E-state index contributed by atoms with van der Waals surface area (Å²) >= 11 is 3.44. The zero-order valence-corrected chi connectivity index (χ0v) is 20.0. The molecule has 3 aromatic rings. The van der Waals surface area contributed by atoms with E-state index in [0.29, 0.717) is 30.3 Å². The third-order valence-corrected chi connectivity index (χ3v) is 5.53. The summed E-state index contributed by atoms with van der Waals surface area (Å²) in [5.41, 5.74) is 4.21. The highest BCUT2D eigenvalue weighted by molar-refractivity contribution is 9.10. The van der Waals surface area contributed by atoms with Gasteiger partial charge in [-0.05, 0) is 63.1 Å². The molecule has 164 valence electrons. The number of carbonyl (C=O) groups excluding carboxylic acids is 1. The Morgan fingerprint density at radius 2 is 1.74 bits per heavy atom. The molecule has 0 aliphatic carbocycles. The molecule has 1 heterocycles. The number of aryl methyl sites for hydroxylation is 3. The van der Waals surface area contributed by atoms with Crippen LogP contribution in [-0.2, 0) is 15.9 Å². The normalized spacial score (nSPS) is 10.9. The number of fused-ring (bicyclic) bond motifs is 1. The number of hydrogen-bond donors (Lipinski definition) is 0. The van der Waals surface area contributed by atoms with Crippen LogP contribution in [0, 0.1) is 20.8 Å². The van der Waals surface area contributed by atoms with Gasteiger partial charge in [-0.15, -0.1) is 0 Å². The van der Waals surface area contributed by atoms with Crippen LogP contribution in [0.1, 0.15) is 29.3 Å². The topological polar surface area (TPSA) is 66.9 Å². The summed E-state index contributed by atoms with van der Waals surface area (Å²) in [5, 5.41) is 0.733. The molecule has 0 radical (unpaired) electrons. The van der Waals surface area contributed by atoms with Crippen LogP contribution in [-0.4, -0.2) is 31.5 Å². The van der Waals surface area contributed by atoms with Crippen LogP contribution in [0.5, 0.6) is 17.2 Å². The lowest BCUT2D eigenvalue weighted by Gasteiger charge is -2.19. The van der Waals surface area contributed by atoms with Crippen molar-refractivity contribution in [3.05, 3.63) is 57.2 Å². The van der Waals surface area contributed by atoms with E-state index >= 15 is 0 Å². The van der Waals surface area contributed by atoms with E-state index in [1.54, 1.807) is 7.11 Å². The fourth-order valence-electron chi connectivity index (χ4n) is 3.44. The van der Waals surface area contributed by atoms with Gasteiger partial charge >= 0.3 is 6.16 Å². The Bertz CT molecular complexity index is 1100. The minimum absolute atomic E-state index is 0.119. The van der Waals surface area contributed by atoms with Gasteiger partial charge < -0.3 is 18.9 Å². The Balaban J connectivity index is 2.10. The van der Waals surface area contributed by atoms with Crippen LogP contribution in [0.25, 0.3) is 10.9 Å². The molecule has 0 saturated heterocycles.